The molecule has 30 heavy (non-hydrogen) atoms. The molecule has 0 aliphatic carbocycles. The standard InChI is InChI=1S/C23H29N3O4/c1-4-13-30-23(29)17-9-11-19(12-10-17)26-21(27)15-24-20-8-6-7-18(14-20)22(28)25-16(3)5-2/h6-12,14,16,24H,4-5,13,15H2,1-3H3,(H,25,28)(H,26,27). The number of amides is 2. The van der Waals surface area contributed by atoms with Crippen molar-refractivity contribution in [3.05, 3.63) is 59.7 Å². The maximum absolute atomic E-state index is 12.2. The molecule has 2 rings (SSSR count). The van der Waals surface area contributed by atoms with E-state index in [1.54, 1.807) is 48.5 Å². The minimum absolute atomic E-state index is 0.0384. The van der Waals surface area contributed by atoms with Crippen LogP contribution in [-0.2, 0) is 9.53 Å². The van der Waals surface area contributed by atoms with Crippen molar-refractivity contribution in [3.63, 3.8) is 0 Å². The highest BCUT2D eigenvalue weighted by molar-refractivity contribution is 5.96. The van der Waals surface area contributed by atoms with Gasteiger partial charge in [0.1, 0.15) is 0 Å². The Bertz CT molecular complexity index is 865. The van der Waals surface area contributed by atoms with Crippen molar-refractivity contribution < 1.29 is 19.1 Å². The van der Waals surface area contributed by atoms with Crippen LogP contribution in [-0.4, -0.2) is 37.0 Å². The summed E-state index contributed by atoms with van der Waals surface area (Å²) in [5.74, 6) is -0.769. The van der Waals surface area contributed by atoms with Gasteiger partial charge < -0.3 is 20.7 Å². The lowest BCUT2D eigenvalue weighted by Crippen LogP contribution is -2.31. The Labute approximate surface area is 177 Å². The Morgan fingerprint density at radius 2 is 1.70 bits per heavy atom. The molecule has 0 aliphatic rings. The van der Waals surface area contributed by atoms with Gasteiger partial charge in [-0.05, 0) is 62.2 Å². The van der Waals surface area contributed by atoms with Gasteiger partial charge in [-0.3, -0.25) is 9.59 Å². The Morgan fingerprint density at radius 3 is 2.37 bits per heavy atom. The van der Waals surface area contributed by atoms with E-state index < -0.39 is 0 Å². The molecule has 0 bridgehead atoms. The topological polar surface area (TPSA) is 96.5 Å². The highest BCUT2D eigenvalue weighted by Crippen LogP contribution is 2.13. The van der Waals surface area contributed by atoms with E-state index in [1.165, 1.54) is 0 Å². The predicted molar refractivity (Wildman–Crippen MR) is 118 cm³/mol. The molecule has 2 aromatic rings. The van der Waals surface area contributed by atoms with Crippen molar-refractivity contribution in [2.24, 2.45) is 0 Å². The highest BCUT2D eigenvalue weighted by Gasteiger charge is 2.10. The fourth-order valence-corrected chi connectivity index (χ4v) is 2.53. The van der Waals surface area contributed by atoms with E-state index in [4.69, 9.17) is 4.74 Å². The first kappa shape index (κ1) is 22.9. The second kappa shape index (κ2) is 11.6. The smallest absolute Gasteiger partial charge is 0.338 e. The van der Waals surface area contributed by atoms with E-state index in [9.17, 15) is 14.4 Å². The number of benzene rings is 2. The molecule has 1 atom stereocenters. The minimum atomic E-state index is -0.381. The van der Waals surface area contributed by atoms with Crippen LogP contribution in [0.4, 0.5) is 11.4 Å². The third-order valence-corrected chi connectivity index (χ3v) is 4.41. The molecular weight excluding hydrogens is 382 g/mol. The van der Waals surface area contributed by atoms with Crippen molar-refractivity contribution in [1.82, 2.24) is 5.32 Å². The Kier molecular flexibility index (Phi) is 8.87. The van der Waals surface area contributed by atoms with Crippen LogP contribution >= 0.6 is 0 Å². The third kappa shape index (κ3) is 7.24. The van der Waals surface area contributed by atoms with Crippen molar-refractivity contribution in [2.45, 2.75) is 39.7 Å². The quantitative estimate of drug-likeness (QED) is 0.516. The molecule has 2 amide bonds. The van der Waals surface area contributed by atoms with Crippen LogP contribution in [0.15, 0.2) is 48.5 Å². The summed E-state index contributed by atoms with van der Waals surface area (Å²) in [6.07, 6.45) is 1.61. The molecule has 0 fully saturated rings. The molecule has 3 N–H and O–H groups in total. The molecule has 7 nitrogen and oxygen atoms in total. The summed E-state index contributed by atoms with van der Waals surface area (Å²) in [6.45, 7) is 6.30. The Hall–Kier alpha value is -3.35. The van der Waals surface area contributed by atoms with Crippen molar-refractivity contribution in [2.75, 3.05) is 23.8 Å². The average Bonchev–Trinajstić information content (AvgIpc) is 2.76. The molecule has 0 radical (unpaired) electrons. The van der Waals surface area contributed by atoms with Gasteiger partial charge in [0.2, 0.25) is 5.91 Å². The fraction of sp³-hybridized carbons (Fsp3) is 0.348. The van der Waals surface area contributed by atoms with Crippen molar-refractivity contribution >= 4 is 29.2 Å². The molecule has 0 spiro atoms. The summed E-state index contributed by atoms with van der Waals surface area (Å²) in [5.41, 5.74) is 2.23. The van der Waals surface area contributed by atoms with Gasteiger partial charge in [-0.2, -0.15) is 0 Å². The summed E-state index contributed by atoms with van der Waals surface area (Å²) in [4.78, 5) is 36.2. The molecule has 0 saturated heterocycles. The van der Waals surface area contributed by atoms with Crippen molar-refractivity contribution in [1.29, 1.82) is 0 Å². The van der Waals surface area contributed by atoms with E-state index in [0.29, 0.717) is 29.1 Å². The minimum Gasteiger partial charge on any atom is -0.462 e. The number of nitrogens with one attached hydrogen (secondary N) is 3. The number of esters is 1. The zero-order valence-corrected chi connectivity index (χ0v) is 17.7. The molecule has 160 valence electrons. The van der Waals surface area contributed by atoms with Crippen LogP contribution in [0.5, 0.6) is 0 Å². The predicted octanol–water partition coefficient (Wildman–Crippen LogP) is 3.83. The molecular formula is C23H29N3O4. The van der Waals surface area contributed by atoms with Crippen LogP contribution in [0.25, 0.3) is 0 Å². The summed E-state index contributed by atoms with van der Waals surface area (Å²) < 4.78 is 5.07. The van der Waals surface area contributed by atoms with Crippen LogP contribution in [0.3, 0.4) is 0 Å². The van der Waals surface area contributed by atoms with Gasteiger partial charge in [0.05, 0.1) is 18.7 Å². The average molecular weight is 412 g/mol. The van der Waals surface area contributed by atoms with Gasteiger partial charge in [0, 0.05) is 23.0 Å². The van der Waals surface area contributed by atoms with E-state index in [-0.39, 0.29) is 30.4 Å². The van der Waals surface area contributed by atoms with Gasteiger partial charge in [-0.25, -0.2) is 4.79 Å². The SMILES string of the molecule is CCCOC(=O)c1ccc(NC(=O)CNc2cccc(C(=O)NC(C)CC)c2)cc1. The van der Waals surface area contributed by atoms with E-state index in [0.717, 1.165) is 12.8 Å². The van der Waals surface area contributed by atoms with Crippen LogP contribution in [0.2, 0.25) is 0 Å². The number of rotatable bonds is 10. The zero-order chi connectivity index (χ0) is 21.9. The second-order valence-corrected chi connectivity index (χ2v) is 6.98. The maximum Gasteiger partial charge on any atom is 0.338 e. The number of hydrogen-bond acceptors (Lipinski definition) is 5. The van der Waals surface area contributed by atoms with Gasteiger partial charge in [-0.1, -0.05) is 19.9 Å². The number of anilines is 2. The maximum atomic E-state index is 12.2. The van der Waals surface area contributed by atoms with Crippen molar-refractivity contribution in [3.8, 4) is 0 Å². The molecule has 0 heterocycles. The zero-order valence-electron chi connectivity index (χ0n) is 17.7. The first-order chi connectivity index (χ1) is 14.4. The number of carbonyl (C=O) groups is 3. The van der Waals surface area contributed by atoms with Crippen LogP contribution in [0.1, 0.15) is 54.3 Å². The molecule has 0 aliphatic heterocycles. The normalized spacial score (nSPS) is 11.3. The number of ether oxygens (including phenoxy) is 1. The summed E-state index contributed by atoms with van der Waals surface area (Å²) >= 11 is 0. The molecule has 0 saturated carbocycles. The number of carbonyl (C=O) groups excluding carboxylic acids is 3. The van der Waals surface area contributed by atoms with Crippen LogP contribution < -0.4 is 16.0 Å². The Morgan fingerprint density at radius 1 is 0.967 bits per heavy atom. The largest absolute Gasteiger partial charge is 0.462 e. The first-order valence-corrected chi connectivity index (χ1v) is 10.1. The third-order valence-electron chi connectivity index (χ3n) is 4.41. The molecule has 7 heteroatoms. The lowest BCUT2D eigenvalue weighted by atomic mass is 10.1. The van der Waals surface area contributed by atoms with Gasteiger partial charge in [-0.15, -0.1) is 0 Å². The lowest BCUT2D eigenvalue weighted by Gasteiger charge is -2.13. The van der Waals surface area contributed by atoms with Crippen LogP contribution in [0, 0.1) is 0 Å². The van der Waals surface area contributed by atoms with Gasteiger partial charge in [0.15, 0.2) is 0 Å². The van der Waals surface area contributed by atoms with Gasteiger partial charge in [0.25, 0.3) is 5.91 Å². The summed E-state index contributed by atoms with van der Waals surface area (Å²) in [6, 6.07) is 13.6. The lowest BCUT2D eigenvalue weighted by molar-refractivity contribution is -0.114. The van der Waals surface area contributed by atoms with Gasteiger partial charge >= 0.3 is 5.97 Å². The van der Waals surface area contributed by atoms with E-state index >= 15 is 0 Å². The highest BCUT2D eigenvalue weighted by atomic mass is 16.5. The number of hydrogen-bond donors (Lipinski definition) is 3. The van der Waals surface area contributed by atoms with E-state index in [2.05, 4.69) is 16.0 Å². The first-order valence-electron chi connectivity index (χ1n) is 10.1. The summed E-state index contributed by atoms with van der Waals surface area (Å²) in [5, 5.41) is 8.69. The van der Waals surface area contributed by atoms with E-state index in [1.807, 2.05) is 20.8 Å². The molecule has 1 unspecified atom stereocenters. The molecule has 0 aromatic heterocycles. The molecule has 2 aromatic carbocycles. The monoisotopic (exact) mass is 411 g/mol. The summed E-state index contributed by atoms with van der Waals surface area (Å²) in [7, 11) is 0. The Balaban J connectivity index is 1.86. The second-order valence-electron chi connectivity index (χ2n) is 6.98. The fourth-order valence-electron chi connectivity index (χ4n) is 2.53.